The van der Waals surface area contributed by atoms with Crippen molar-refractivity contribution in [3.05, 3.63) is 41.9 Å². The van der Waals surface area contributed by atoms with Gasteiger partial charge in [0, 0.05) is 51.2 Å². The zero-order valence-corrected chi connectivity index (χ0v) is 18.3. The van der Waals surface area contributed by atoms with Crippen LogP contribution in [0.25, 0.3) is 0 Å². The van der Waals surface area contributed by atoms with Crippen LogP contribution in [0, 0.1) is 0 Å². The molecule has 1 N–H and O–H groups in total. The summed E-state index contributed by atoms with van der Waals surface area (Å²) in [7, 11) is 3.71. The zero-order chi connectivity index (χ0) is 18.4. The van der Waals surface area contributed by atoms with Crippen LogP contribution in [0.1, 0.15) is 24.2 Å². The third kappa shape index (κ3) is 5.80. The number of aliphatic imine (C=N–C) groups is 1. The van der Waals surface area contributed by atoms with Crippen LogP contribution in [0.15, 0.2) is 35.7 Å². The minimum atomic E-state index is 0. The quantitative estimate of drug-likeness (QED) is 0.396. The fourth-order valence-electron chi connectivity index (χ4n) is 2.95. The molecule has 0 aliphatic carbocycles. The van der Waals surface area contributed by atoms with E-state index in [-0.39, 0.29) is 30.1 Å². The van der Waals surface area contributed by atoms with E-state index in [2.05, 4.69) is 25.3 Å². The standard InChI is InChI=1S/C18H26N6O2.HI/c1-4-25-17-9-14(5-6-20-17)10-21-18(19-2)24-7-8-26-16(13-24)15-11-22-23(3)12-15;/h5-6,9,11-12,16H,4,7-8,10,13H2,1-3H3,(H,19,21);1H. The Balaban J connectivity index is 0.00000261. The third-order valence-corrected chi connectivity index (χ3v) is 4.22. The summed E-state index contributed by atoms with van der Waals surface area (Å²) < 4.78 is 13.2. The molecule has 0 amide bonds. The van der Waals surface area contributed by atoms with Crippen molar-refractivity contribution in [1.29, 1.82) is 0 Å². The van der Waals surface area contributed by atoms with Gasteiger partial charge in [-0.25, -0.2) is 4.98 Å². The van der Waals surface area contributed by atoms with Crippen molar-refractivity contribution in [2.45, 2.75) is 19.6 Å². The highest BCUT2D eigenvalue weighted by Gasteiger charge is 2.25. The summed E-state index contributed by atoms with van der Waals surface area (Å²) in [4.78, 5) is 10.8. The fourth-order valence-corrected chi connectivity index (χ4v) is 2.95. The van der Waals surface area contributed by atoms with E-state index in [1.807, 2.05) is 38.5 Å². The highest BCUT2D eigenvalue weighted by molar-refractivity contribution is 14.0. The molecule has 27 heavy (non-hydrogen) atoms. The smallest absolute Gasteiger partial charge is 0.213 e. The van der Waals surface area contributed by atoms with E-state index in [0.717, 1.165) is 30.2 Å². The Hall–Kier alpha value is -1.88. The molecule has 3 rings (SSSR count). The first-order valence-corrected chi connectivity index (χ1v) is 8.83. The predicted octanol–water partition coefficient (Wildman–Crippen LogP) is 1.98. The molecule has 1 aliphatic heterocycles. The topological polar surface area (TPSA) is 76.8 Å². The minimum Gasteiger partial charge on any atom is -0.478 e. The summed E-state index contributed by atoms with van der Waals surface area (Å²) >= 11 is 0. The van der Waals surface area contributed by atoms with Crippen molar-refractivity contribution < 1.29 is 9.47 Å². The molecule has 1 aliphatic rings. The molecule has 0 spiro atoms. The van der Waals surface area contributed by atoms with E-state index in [0.29, 0.717) is 25.6 Å². The summed E-state index contributed by atoms with van der Waals surface area (Å²) in [6.07, 6.45) is 5.62. The maximum Gasteiger partial charge on any atom is 0.213 e. The van der Waals surface area contributed by atoms with Gasteiger partial charge >= 0.3 is 0 Å². The lowest BCUT2D eigenvalue weighted by atomic mass is 10.1. The highest BCUT2D eigenvalue weighted by atomic mass is 127. The monoisotopic (exact) mass is 486 g/mol. The normalized spacial score (nSPS) is 17.4. The van der Waals surface area contributed by atoms with Gasteiger partial charge in [-0.3, -0.25) is 9.67 Å². The van der Waals surface area contributed by atoms with E-state index in [4.69, 9.17) is 9.47 Å². The number of pyridine rings is 1. The number of aryl methyl sites for hydroxylation is 1. The first kappa shape index (κ1) is 21.4. The van der Waals surface area contributed by atoms with Gasteiger partial charge in [-0.1, -0.05) is 0 Å². The Morgan fingerprint density at radius 2 is 2.33 bits per heavy atom. The number of rotatable bonds is 5. The number of nitrogens with zero attached hydrogens (tertiary/aromatic N) is 5. The minimum absolute atomic E-state index is 0. The lowest BCUT2D eigenvalue weighted by Gasteiger charge is -2.34. The molecule has 0 bridgehead atoms. The number of hydrogen-bond donors (Lipinski definition) is 1. The van der Waals surface area contributed by atoms with Gasteiger partial charge in [0.15, 0.2) is 5.96 Å². The second kappa shape index (κ2) is 10.5. The molecule has 1 atom stereocenters. The molecule has 148 valence electrons. The summed E-state index contributed by atoms with van der Waals surface area (Å²) in [6.45, 7) is 5.41. The number of nitrogens with one attached hydrogen (secondary N) is 1. The summed E-state index contributed by atoms with van der Waals surface area (Å²) in [5.74, 6) is 1.50. The van der Waals surface area contributed by atoms with Crippen molar-refractivity contribution in [1.82, 2.24) is 25.0 Å². The van der Waals surface area contributed by atoms with Crippen LogP contribution in [0.4, 0.5) is 0 Å². The van der Waals surface area contributed by atoms with E-state index >= 15 is 0 Å². The first-order valence-electron chi connectivity index (χ1n) is 8.83. The van der Waals surface area contributed by atoms with Crippen LogP contribution < -0.4 is 10.1 Å². The Morgan fingerprint density at radius 1 is 1.48 bits per heavy atom. The van der Waals surface area contributed by atoms with Crippen molar-refractivity contribution in [2.24, 2.45) is 12.0 Å². The van der Waals surface area contributed by atoms with Crippen LogP contribution in [0.5, 0.6) is 5.88 Å². The molecule has 3 heterocycles. The van der Waals surface area contributed by atoms with E-state index in [1.165, 1.54) is 0 Å². The van der Waals surface area contributed by atoms with E-state index < -0.39 is 0 Å². The first-order chi connectivity index (χ1) is 12.7. The number of aromatic nitrogens is 3. The Kier molecular flexibility index (Phi) is 8.29. The number of ether oxygens (including phenoxy) is 2. The Bertz CT molecular complexity index is 751. The molecule has 8 nitrogen and oxygen atoms in total. The number of morpholine rings is 1. The third-order valence-electron chi connectivity index (χ3n) is 4.22. The summed E-state index contributed by atoms with van der Waals surface area (Å²) in [5, 5.41) is 7.65. The molecular formula is C18H27IN6O2. The van der Waals surface area contributed by atoms with Crippen molar-refractivity contribution in [3.63, 3.8) is 0 Å². The van der Waals surface area contributed by atoms with Gasteiger partial charge in [0.2, 0.25) is 5.88 Å². The Morgan fingerprint density at radius 3 is 3.04 bits per heavy atom. The molecule has 0 saturated carbocycles. The van der Waals surface area contributed by atoms with Gasteiger partial charge in [0.05, 0.1) is 26.0 Å². The second-order valence-electron chi connectivity index (χ2n) is 6.09. The molecule has 1 fully saturated rings. The van der Waals surface area contributed by atoms with Crippen LogP contribution in [0.2, 0.25) is 0 Å². The average Bonchev–Trinajstić information content (AvgIpc) is 3.10. The van der Waals surface area contributed by atoms with Gasteiger partial charge in [-0.05, 0) is 18.6 Å². The number of hydrogen-bond acceptors (Lipinski definition) is 5. The molecule has 1 unspecified atom stereocenters. The lowest BCUT2D eigenvalue weighted by Crippen LogP contribution is -2.47. The van der Waals surface area contributed by atoms with Crippen LogP contribution in [-0.2, 0) is 18.3 Å². The summed E-state index contributed by atoms with van der Waals surface area (Å²) in [6, 6.07) is 3.92. The lowest BCUT2D eigenvalue weighted by molar-refractivity contribution is -0.00805. The second-order valence-corrected chi connectivity index (χ2v) is 6.09. The van der Waals surface area contributed by atoms with E-state index in [9.17, 15) is 0 Å². The van der Waals surface area contributed by atoms with Crippen molar-refractivity contribution in [2.75, 3.05) is 33.4 Å². The van der Waals surface area contributed by atoms with E-state index in [1.54, 1.807) is 17.9 Å². The van der Waals surface area contributed by atoms with Crippen molar-refractivity contribution >= 4 is 29.9 Å². The molecule has 0 radical (unpaired) electrons. The molecule has 9 heteroatoms. The van der Waals surface area contributed by atoms with Gasteiger partial charge in [-0.2, -0.15) is 5.10 Å². The van der Waals surface area contributed by atoms with Gasteiger partial charge in [0.1, 0.15) is 6.10 Å². The SMILES string of the molecule is CCOc1cc(CNC(=NC)N2CCOC(c3cnn(C)c3)C2)ccn1.I. The molecule has 1 saturated heterocycles. The van der Waals surface area contributed by atoms with Crippen molar-refractivity contribution in [3.8, 4) is 5.88 Å². The number of guanidine groups is 1. The maximum absolute atomic E-state index is 5.91. The highest BCUT2D eigenvalue weighted by Crippen LogP contribution is 2.21. The van der Waals surface area contributed by atoms with Gasteiger partial charge in [0.25, 0.3) is 0 Å². The molecular weight excluding hydrogens is 459 g/mol. The zero-order valence-electron chi connectivity index (χ0n) is 16.0. The van der Waals surface area contributed by atoms with Gasteiger partial charge in [-0.15, -0.1) is 24.0 Å². The fraction of sp³-hybridized carbons (Fsp3) is 0.500. The molecule has 2 aromatic heterocycles. The van der Waals surface area contributed by atoms with Crippen LogP contribution >= 0.6 is 24.0 Å². The Labute approximate surface area is 177 Å². The van der Waals surface area contributed by atoms with Gasteiger partial charge < -0.3 is 19.7 Å². The maximum atomic E-state index is 5.91. The average molecular weight is 486 g/mol. The predicted molar refractivity (Wildman–Crippen MR) is 114 cm³/mol. The number of halogens is 1. The van der Waals surface area contributed by atoms with Crippen LogP contribution in [-0.4, -0.2) is 59.0 Å². The molecule has 2 aromatic rings. The van der Waals surface area contributed by atoms with Crippen LogP contribution in [0.3, 0.4) is 0 Å². The summed E-state index contributed by atoms with van der Waals surface area (Å²) in [5.41, 5.74) is 2.19. The largest absolute Gasteiger partial charge is 0.478 e. The molecule has 0 aromatic carbocycles.